The quantitative estimate of drug-likeness (QED) is 0.334. The summed E-state index contributed by atoms with van der Waals surface area (Å²) < 4.78 is 20.8. The lowest BCUT2D eigenvalue weighted by Crippen LogP contribution is -2.17. The van der Waals surface area contributed by atoms with E-state index in [4.69, 9.17) is 10.5 Å². The van der Waals surface area contributed by atoms with E-state index in [9.17, 15) is 19.3 Å². The van der Waals surface area contributed by atoms with Crippen LogP contribution in [0.3, 0.4) is 0 Å². The summed E-state index contributed by atoms with van der Waals surface area (Å²) in [5, 5.41) is 14.8. The van der Waals surface area contributed by atoms with E-state index >= 15 is 0 Å². The van der Waals surface area contributed by atoms with Crippen molar-refractivity contribution in [3.05, 3.63) is 70.8 Å². The highest BCUT2D eigenvalue weighted by molar-refractivity contribution is 5.96. The molecule has 0 aliphatic heterocycles. The SMILES string of the molecule is COc1cc(F)c([N+](=O)[O-])cc1Nc1nccc(-c2cn(CC(N)=O)c3ccccc23)n1. The molecule has 4 aromatic rings. The highest BCUT2D eigenvalue weighted by Crippen LogP contribution is 2.34. The van der Waals surface area contributed by atoms with Crippen LogP contribution in [0.1, 0.15) is 0 Å². The second-order valence-electron chi connectivity index (χ2n) is 6.81. The number of amides is 1. The molecule has 0 spiro atoms. The van der Waals surface area contributed by atoms with Crippen molar-refractivity contribution in [2.24, 2.45) is 5.73 Å². The molecule has 0 radical (unpaired) electrons. The maximum Gasteiger partial charge on any atom is 0.307 e. The number of para-hydroxylation sites is 1. The summed E-state index contributed by atoms with van der Waals surface area (Å²) in [7, 11) is 1.32. The minimum Gasteiger partial charge on any atom is -0.494 e. The van der Waals surface area contributed by atoms with Crippen molar-refractivity contribution in [1.82, 2.24) is 14.5 Å². The molecule has 3 N–H and O–H groups in total. The van der Waals surface area contributed by atoms with Gasteiger partial charge in [-0.1, -0.05) is 18.2 Å². The van der Waals surface area contributed by atoms with Gasteiger partial charge in [0.25, 0.3) is 0 Å². The molecule has 4 rings (SSSR count). The highest BCUT2D eigenvalue weighted by atomic mass is 19.1. The molecule has 0 unspecified atom stereocenters. The van der Waals surface area contributed by atoms with Gasteiger partial charge in [0.15, 0.2) is 0 Å². The smallest absolute Gasteiger partial charge is 0.307 e. The summed E-state index contributed by atoms with van der Waals surface area (Å²) in [6.07, 6.45) is 3.28. The lowest BCUT2D eigenvalue weighted by Gasteiger charge is -2.11. The number of nitrogens with one attached hydrogen (secondary N) is 1. The van der Waals surface area contributed by atoms with Gasteiger partial charge in [0, 0.05) is 41.0 Å². The van der Waals surface area contributed by atoms with Crippen LogP contribution in [0, 0.1) is 15.9 Å². The number of methoxy groups -OCH3 is 1. The molecular formula is C21H17FN6O4. The molecule has 0 fully saturated rings. The Balaban J connectivity index is 1.76. The maximum atomic E-state index is 13.9. The standard InChI is InChI=1S/C21H17FN6O4/c1-32-19-8-14(22)18(28(30)31)9-16(19)26-21-24-7-6-15(25-21)13-10-27(11-20(23)29)17-5-3-2-4-12(13)17/h2-10H,11H2,1H3,(H2,23,29)(H,24,25,26). The average molecular weight is 436 g/mol. The lowest BCUT2D eigenvalue weighted by atomic mass is 10.1. The van der Waals surface area contributed by atoms with Gasteiger partial charge in [0.2, 0.25) is 17.7 Å². The van der Waals surface area contributed by atoms with Gasteiger partial charge in [0.05, 0.1) is 23.4 Å². The summed E-state index contributed by atoms with van der Waals surface area (Å²) >= 11 is 0. The van der Waals surface area contributed by atoms with E-state index in [2.05, 4.69) is 15.3 Å². The van der Waals surface area contributed by atoms with Gasteiger partial charge < -0.3 is 20.4 Å². The van der Waals surface area contributed by atoms with Crippen LogP contribution in [-0.2, 0) is 11.3 Å². The van der Waals surface area contributed by atoms with Crippen LogP contribution in [0.5, 0.6) is 5.75 Å². The molecule has 32 heavy (non-hydrogen) atoms. The Bertz CT molecular complexity index is 1350. The number of nitro benzene ring substituents is 1. The van der Waals surface area contributed by atoms with Crippen molar-refractivity contribution in [3.63, 3.8) is 0 Å². The van der Waals surface area contributed by atoms with E-state index in [-0.39, 0.29) is 23.9 Å². The molecule has 162 valence electrons. The first-order valence-corrected chi connectivity index (χ1v) is 9.36. The van der Waals surface area contributed by atoms with Crippen LogP contribution in [-0.4, -0.2) is 32.5 Å². The number of hydrogen-bond acceptors (Lipinski definition) is 7. The zero-order valence-electron chi connectivity index (χ0n) is 16.8. The second kappa shape index (κ2) is 8.30. The van der Waals surface area contributed by atoms with E-state index in [0.29, 0.717) is 5.69 Å². The number of nitro groups is 1. The van der Waals surface area contributed by atoms with Crippen LogP contribution in [0.25, 0.3) is 22.2 Å². The van der Waals surface area contributed by atoms with Crippen LogP contribution < -0.4 is 15.8 Å². The topological polar surface area (TPSA) is 138 Å². The van der Waals surface area contributed by atoms with Crippen molar-refractivity contribution in [1.29, 1.82) is 0 Å². The Morgan fingerprint density at radius 1 is 1.31 bits per heavy atom. The first-order chi connectivity index (χ1) is 15.4. The molecule has 0 saturated carbocycles. The molecule has 1 amide bonds. The molecule has 2 heterocycles. The Morgan fingerprint density at radius 3 is 2.81 bits per heavy atom. The molecule has 10 nitrogen and oxygen atoms in total. The summed E-state index contributed by atoms with van der Waals surface area (Å²) in [4.78, 5) is 30.4. The fourth-order valence-corrected chi connectivity index (χ4v) is 3.39. The zero-order valence-corrected chi connectivity index (χ0v) is 16.8. The number of aromatic nitrogens is 3. The van der Waals surface area contributed by atoms with Gasteiger partial charge in [-0.3, -0.25) is 14.9 Å². The van der Waals surface area contributed by atoms with Crippen molar-refractivity contribution >= 4 is 34.1 Å². The zero-order chi connectivity index (χ0) is 22.8. The first kappa shape index (κ1) is 20.7. The number of anilines is 2. The predicted octanol–water partition coefficient (Wildman–Crippen LogP) is 3.38. The largest absolute Gasteiger partial charge is 0.494 e. The van der Waals surface area contributed by atoms with Crippen molar-refractivity contribution in [3.8, 4) is 17.0 Å². The minimum atomic E-state index is -1.02. The number of rotatable bonds is 7. The first-order valence-electron chi connectivity index (χ1n) is 9.36. The Kier molecular flexibility index (Phi) is 5.37. The third-order valence-electron chi connectivity index (χ3n) is 4.76. The molecule has 0 aliphatic carbocycles. The Hall–Kier alpha value is -4.54. The molecular weight excluding hydrogens is 419 g/mol. The number of halogens is 1. The van der Waals surface area contributed by atoms with Gasteiger partial charge in [-0.2, -0.15) is 4.39 Å². The monoisotopic (exact) mass is 436 g/mol. The molecule has 11 heteroatoms. The Labute approximate surface area is 180 Å². The molecule has 0 saturated heterocycles. The van der Waals surface area contributed by atoms with Crippen LogP contribution in [0.4, 0.5) is 21.7 Å². The third kappa shape index (κ3) is 3.90. The molecule has 2 aromatic carbocycles. The number of ether oxygens (including phenoxy) is 1. The number of fused-ring (bicyclic) bond motifs is 1. The number of carbonyl (C=O) groups excluding carboxylic acids is 1. The number of carbonyl (C=O) groups is 1. The summed E-state index contributed by atoms with van der Waals surface area (Å²) in [6, 6.07) is 11.1. The van der Waals surface area contributed by atoms with Crippen molar-refractivity contribution in [2.75, 3.05) is 12.4 Å². The molecule has 0 atom stereocenters. The van der Waals surface area contributed by atoms with Crippen molar-refractivity contribution in [2.45, 2.75) is 6.54 Å². The van der Waals surface area contributed by atoms with Gasteiger partial charge in [-0.15, -0.1) is 0 Å². The summed E-state index contributed by atoms with van der Waals surface area (Å²) in [5.74, 6) is -1.32. The van der Waals surface area contributed by atoms with Gasteiger partial charge in [-0.25, -0.2) is 9.97 Å². The molecule has 2 aromatic heterocycles. The number of hydrogen-bond donors (Lipinski definition) is 2. The molecule has 0 bridgehead atoms. The third-order valence-corrected chi connectivity index (χ3v) is 4.76. The van der Waals surface area contributed by atoms with E-state index < -0.39 is 22.3 Å². The summed E-state index contributed by atoms with van der Waals surface area (Å²) in [5.41, 5.74) is 6.88. The van der Waals surface area contributed by atoms with Crippen molar-refractivity contribution < 1.29 is 18.8 Å². The predicted molar refractivity (Wildman–Crippen MR) is 115 cm³/mol. The second-order valence-corrected chi connectivity index (χ2v) is 6.81. The fourth-order valence-electron chi connectivity index (χ4n) is 3.39. The number of primary amides is 1. The fraction of sp³-hybridized carbons (Fsp3) is 0.0952. The minimum absolute atomic E-state index is 0.00709. The van der Waals surface area contributed by atoms with E-state index in [1.165, 1.54) is 13.3 Å². The van der Waals surface area contributed by atoms with E-state index in [0.717, 1.165) is 28.6 Å². The normalized spacial score (nSPS) is 10.8. The summed E-state index contributed by atoms with van der Waals surface area (Å²) in [6.45, 7) is 0.00709. The van der Waals surface area contributed by atoms with E-state index in [1.54, 1.807) is 16.8 Å². The number of nitrogens with two attached hydrogens (primary N) is 1. The van der Waals surface area contributed by atoms with Gasteiger partial charge in [-0.05, 0) is 12.1 Å². The maximum absolute atomic E-state index is 13.9. The molecule has 0 aliphatic rings. The van der Waals surface area contributed by atoms with E-state index in [1.807, 2.05) is 24.3 Å². The van der Waals surface area contributed by atoms with Gasteiger partial charge >= 0.3 is 5.69 Å². The lowest BCUT2D eigenvalue weighted by molar-refractivity contribution is -0.387. The highest BCUT2D eigenvalue weighted by Gasteiger charge is 2.20. The average Bonchev–Trinajstić information content (AvgIpc) is 3.12. The van der Waals surface area contributed by atoms with Crippen LogP contribution in [0.2, 0.25) is 0 Å². The number of nitrogens with zero attached hydrogens (tertiary/aromatic N) is 4. The van der Waals surface area contributed by atoms with Crippen LogP contribution in [0.15, 0.2) is 54.9 Å². The van der Waals surface area contributed by atoms with Crippen LogP contribution >= 0.6 is 0 Å². The Morgan fingerprint density at radius 2 is 2.09 bits per heavy atom. The van der Waals surface area contributed by atoms with Gasteiger partial charge in [0.1, 0.15) is 12.3 Å². The number of benzene rings is 2.